The molecule has 6 heteroatoms. The van der Waals surface area contributed by atoms with E-state index in [0.29, 0.717) is 43.0 Å². The van der Waals surface area contributed by atoms with Gasteiger partial charge in [-0.3, -0.25) is 0 Å². The van der Waals surface area contributed by atoms with Gasteiger partial charge in [0.05, 0.1) is 17.6 Å². The third-order valence-corrected chi connectivity index (χ3v) is 5.68. The molecule has 0 saturated carbocycles. The largest absolute Gasteiger partial charge is 0.392 e. The van der Waals surface area contributed by atoms with E-state index in [2.05, 4.69) is 0 Å². The summed E-state index contributed by atoms with van der Waals surface area (Å²) in [4.78, 5) is 0.311. The van der Waals surface area contributed by atoms with Crippen molar-refractivity contribution in [2.45, 2.75) is 44.3 Å². The molecule has 0 amide bonds. The van der Waals surface area contributed by atoms with Crippen LogP contribution in [0, 0.1) is 0 Å². The Morgan fingerprint density at radius 1 is 1.43 bits per heavy atom. The molecule has 1 N–H and O–H groups in total. The molecule has 1 atom stereocenters. The van der Waals surface area contributed by atoms with Crippen LogP contribution in [0.5, 0.6) is 0 Å². The summed E-state index contributed by atoms with van der Waals surface area (Å²) in [6.45, 7) is 5.09. The minimum Gasteiger partial charge on any atom is -0.392 e. The van der Waals surface area contributed by atoms with Gasteiger partial charge in [-0.15, -0.1) is 0 Å². The van der Waals surface area contributed by atoms with E-state index in [4.69, 9.17) is 4.74 Å². The molecule has 21 heavy (non-hydrogen) atoms. The summed E-state index contributed by atoms with van der Waals surface area (Å²) in [5.41, 5.74) is 1.40. The van der Waals surface area contributed by atoms with Crippen LogP contribution in [-0.2, 0) is 27.8 Å². The zero-order valence-electron chi connectivity index (χ0n) is 12.6. The first kappa shape index (κ1) is 16.4. The lowest BCUT2D eigenvalue weighted by Crippen LogP contribution is -2.36. The Balaban J connectivity index is 2.42. The first-order valence-corrected chi connectivity index (χ1v) is 8.77. The van der Waals surface area contributed by atoms with Gasteiger partial charge < -0.3 is 9.84 Å². The zero-order chi connectivity index (χ0) is 15.5. The number of hydrogen-bond acceptors (Lipinski definition) is 4. The fraction of sp³-hybridized carbons (Fsp3) is 0.600. The Morgan fingerprint density at radius 3 is 2.86 bits per heavy atom. The van der Waals surface area contributed by atoms with Gasteiger partial charge in [-0.25, -0.2) is 8.42 Å². The fourth-order valence-corrected chi connectivity index (χ4v) is 4.44. The first-order valence-electron chi connectivity index (χ1n) is 7.33. The maximum atomic E-state index is 12.9. The van der Waals surface area contributed by atoms with Crippen LogP contribution < -0.4 is 0 Å². The number of aryl methyl sites for hydroxylation is 1. The summed E-state index contributed by atoms with van der Waals surface area (Å²) in [6.07, 6.45) is 1.23. The summed E-state index contributed by atoms with van der Waals surface area (Å²) < 4.78 is 32.9. The maximum Gasteiger partial charge on any atom is 0.243 e. The molecule has 0 spiro atoms. The van der Waals surface area contributed by atoms with E-state index < -0.39 is 10.0 Å². The maximum absolute atomic E-state index is 12.9. The van der Waals surface area contributed by atoms with Crippen molar-refractivity contribution in [2.24, 2.45) is 0 Å². The lowest BCUT2D eigenvalue weighted by molar-refractivity contribution is 0.0752. The monoisotopic (exact) mass is 313 g/mol. The Kier molecular flexibility index (Phi) is 5.37. The molecule has 1 heterocycles. The predicted molar refractivity (Wildman–Crippen MR) is 80.5 cm³/mol. The molecule has 118 valence electrons. The van der Waals surface area contributed by atoms with E-state index in [1.54, 1.807) is 18.2 Å². The van der Waals surface area contributed by atoms with E-state index in [1.165, 1.54) is 4.31 Å². The van der Waals surface area contributed by atoms with Crippen molar-refractivity contribution < 1.29 is 18.3 Å². The van der Waals surface area contributed by atoms with Crippen LogP contribution >= 0.6 is 0 Å². The topological polar surface area (TPSA) is 66.8 Å². The fourth-order valence-electron chi connectivity index (χ4n) is 2.54. The van der Waals surface area contributed by atoms with Crippen LogP contribution in [0.4, 0.5) is 0 Å². The van der Waals surface area contributed by atoms with Gasteiger partial charge in [0, 0.05) is 19.7 Å². The van der Waals surface area contributed by atoms with E-state index in [1.807, 2.05) is 13.8 Å². The van der Waals surface area contributed by atoms with Crippen molar-refractivity contribution >= 4 is 10.0 Å². The van der Waals surface area contributed by atoms with Crippen LogP contribution in [0.25, 0.3) is 0 Å². The van der Waals surface area contributed by atoms with Crippen LogP contribution in [-0.4, -0.2) is 43.6 Å². The average Bonchev–Trinajstić information content (AvgIpc) is 2.71. The quantitative estimate of drug-likeness (QED) is 0.915. The summed E-state index contributed by atoms with van der Waals surface area (Å²) in [7, 11) is -3.55. The minimum absolute atomic E-state index is 0.103. The van der Waals surface area contributed by atoms with Gasteiger partial charge >= 0.3 is 0 Å². The number of nitrogens with zero attached hydrogens (tertiary/aromatic N) is 1. The van der Waals surface area contributed by atoms with Crippen molar-refractivity contribution in [2.75, 3.05) is 19.7 Å². The molecular weight excluding hydrogens is 290 g/mol. The minimum atomic E-state index is -3.55. The van der Waals surface area contributed by atoms with Crippen molar-refractivity contribution in [1.29, 1.82) is 0 Å². The summed E-state index contributed by atoms with van der Waals surface area (Å²) in [5, 5.41) is 9.26. The number of sulfonamides is 1. The molecule has 1 aliphatic heterocycles. The van der Waals surface area contributed by atoms with Crippen LogP contribution in [0.2, 0.25) is 0 Å². The summed E-state index contributed by atoms with van der Waals surface area (Å²) in [5.74, 6) is 0. The molecule has 1 aromatic rings. The van der Waals surface area contributed by atoms with Gasteiger partial charge in [-0.05, 0) is 37.0 Å². The molecule has 2 rings (SSSR count). The van der Waals surface area contributed by atoms with Crippen molar-refractivity contribution in [3.63, 3.8) is 0 Å². The standard InChI is InChI=1S/C15H23NO4S/c1-3-14-6-5-13(11-17)9-15(14)21(18,19)16-7-4-8-20-12(2)10-16/h5-6,9,12,17H,3-4,7-8,10-11H2,1-2H3. The smallest absolute Gasteiger partial charge is 0.243 e. The molecule has 0 aliphatic carbocycles. The Hall–Kier alpha value is -0.950. The van der Waals surface area contributed by atoms with E-state index >= 15 is 0 Å². The van der Waals surface area contributed by atoms with Gasteiger partial charge in [-0.2, -0.15) is 4.31 Å². The average molecular weight is 313 g/mol. The normalized spacial score (nSPS) is 21.2. The van der Waals surface area contributed by atoms with Crippen LogP contribution in [0.1, 0.15) is 31.4 Å². The number of aliphatic hydroxyl groups excluding tert-OH is 1. The highest BCUT2D eigenvalue weighted by Gasteiger charge is 2.29. The number of aliphatic hydroxyl groups is 1. The molecule has 1 unspecified atom stereocenters. The van der Waals surface area contributed by atoms with Crippen LogP contribution in [0.3, 0.4) is 0 Å². The first-order chi connectivity index (χ1) is 9.98. The highest BCUT2D eigenvalue weighted by atomic mass is 32.2. The highest BCUT2D eigenvalue weighted by Crippen LogP contribution is 2.24. The van der Waals surface area contributed by atoms with Crippen molar-refractivity contribution in [3.8, 4) is 0 Å². The highest BCUT2D eigenvalue weighted by molar-refractivity contribution is 7.89. The molecule has 0 aromatic heterocycles. The predicted octanol–water partition coefficient (Wildman–Crippen LogP) is 1.54. The second-order valence-electron chi connectivity index (χ2n) is 5.35. The second-order valence-corrected chi connectivity index (χ2v) is 7.26. The van der Waals surface area contributed by atoms with Gasteiger partial charge in [0.2, 0.25) is 10.0 Å². The van der Waals surface area contributed by atoms with Gasteiger partial charge in [0.1, 0.15) is 0 Å². The summed E-state index contributed by atoms with van der Waals surface area (Å²) in [6, 6.07) is 5.15. The number of ether oxygens (including phenoxy) is 1. The van der Waals surface area contributed by atoms with E-state index in [9.17, 15) is 13.5 Å². The Morgan fingerprint density at radius 2 is 2.19 bits per heavy atom. The SMILES string of the molecule is CCc1ccc(CO)cc1S(=O)(=O)N1CCCOC(C)C1. The zero-order valence-corrected chi connectivity index (χ0v) is 13.4. The van der Waals surface area contributed by atoms with Gasteiger partial charge in [0.25, 0.3) is 0 Å². The second kappa shape index (κ2) is 6.87. The van der Waals surface area contributed by atoms with Crippen molar-refractivity contribution in [1.82, 2.24) is 4.31 Å². The number of benzene rings is 1. The lowest BCUT2D eigenvalue weighted by Gasteiger charge is -2.23. The Labute approximate surface area is 126 Å². The molecule has 1 aromatic carbocycles. The number of hydrogen-bond donors (Lipinski definition) is 1. The molecule has 1 fully saturated rings. The lowest BCUT2D eigenvalue weighted by atomic mass is 10.1. The third kappa shape index (κ3) is 3.63. The molecular formula is C15H23NO4S. The molecule has 0 radical (unpaired) electrons. The third-order valence-electron chi connectivity index (χ3n) is 3.73. The molecule has 1 saturated heterocycles. The Bertz CT molecular complexity index is 585. The van der Waals surface area contributed by atoms with Gasteiger partial charge in [-0.1, -0.05) is 19.1 Å². The molecule has 0 bridgehead atoms. The van der Waals surface area contributed by atoms with E-state index in [-0.39, 0.29) is 12.7 Å². The van der Waals surface area contributed by atoms with Crippen LogP contribution in [0.15, 0.2) is 23.1 Å². The van der Waals surface area contributed by atoms with E-state index in [0.717, 1.165) is 5.56 Å². The van der Waals surface area contributed by atoms with Crippen molar-refractivity contribution in [3.05, 3.63) is 29.3 Å². The number of rotatable bonds is 4. The summed E-state index contributed by atoms with van der Waals surface area (Å²) >= 11 is 0. The molecule has 1 aliphatic rings. The molecule has 5 nitrogen and oxygen atoms in total. The van der Waals surface area contributed by atoms with Gasteiger partial charge in [0.15, 0.2) is 0 Å².